The second-order valence-corrected chi connectivity index (χ2v) is 9.65. The lowest BCUT2D eigenvalue weighted by atomic mass is 9.81. The van der Waals surface area contributed by atoms with Crippen molar-refractivity contribution in [2.75, 3.05) is 25.6 Å². The molecule has 8 heteroatoms. The van der Waals surface area contributed by atoms with E-state index in [0.717, 1.165) is 10.4 Å². The number of hydrogen-bond donors (Lipinski definition) is 2. The second-order valence-electron chi connectivity index (χ2n) is 8.63. The van der Waals surface area contributed by atoms with Crippen LogP contribution in [0.15, 0.2) is 24.3 Å². The highest BCUT2D eigenvalue weighted by Crippen LogP contribution is 2.45. The molecule has 1 amide bonds. The number of methoxy groups -OCH3 is 1. The highest BCUT2D eigenvalue weighted by molar-refractivity contribution is 7.17. The molecule has 0 radical (unpaired) electrons. The third-order valence-electron chi connectivity index (χ3n) is 5.00. The van der Waals surface area contributed by atoms with Crippen LogP contribution in [0.5, 0.6) is 11.5 Å². The van der Waals surface area contributed by atoms with Gasteiger partial charge >= 0.3 is 5.97 Å². The fourth-order valence-corrected chi connectivity index (χ4v) is 5.36. The zero-order chi connectivity index (χ0) is 22.8. The molecule has 7 nitrogen and oxygen atoms in total. The van der Waals surface area contributed by atoms with Crippen molar-refractivity contribution in [1.29, 1.82) is 0 Å². The molecule has 0 saturated carbocycles. The first kappa shape index (κ1) is 23.1. The maximum Gasteiger partial charge on any atom is 0.341 e. The van der Waals surface area contributed by atoms with E-state index >= 15 is 0 Å². The van der Waals surface area contributed by atoms with Crippen molar-refractivity contribution in [1.82, 2.24) is 5.32 Å². The molecule has 2 N–H and O–H groups in total. The second kappa shape index (κ2) is 8.88. The minimum Gasteiger partial charge on any atom is -0.493 e. The van der Waals surface area contributed by atoms with Crippen molar-refractivity contribution in [3.05, 3.63) is 40.3 Å². The Morgan fingerprint density at radius 1 is 1.16 bits per heavy atom. The zero-order valence-electron chi connectivity index (χ0n) is 18.9. The number of thiophene rings is 1. The van der Waals surface area contributed by atoms with Crippen LogP contribution in [0.3, 0.4) is 0 Å². The molecule has 0 spiro atoms. The Morgan fingerprint density at radius 3 is 2.48 bits per heavy atom. The SMILES string of the molecule is CCOC(=O)c1c(NC(=O)COc2ccccc2OC)sc2c1CC(C)(C)NC2(C)C. The lowest BCUT2D eigenvalue weighted by Gasteiger charge is -2.42. The molecule has 0 aliphatic carbocycles. The first-order valence-electron chi connectivity index (χ1n) is 10.3. The first-order chi connectivity index (χ1) is 14.6. The van der Waals surface area contributed by atoms with Crippen LogP contribution in [0.25, 0.3) is 0 Å². The molecule has 0 bridgehead atoms. The van der Waals surface area contributed by atoms with E-state index in [9.17, 15) is 9.59 Å². The maximum absolute atomic E-state index is 12.8. The molecule has 0 saturated heterocycles. The van der Waals surface area contributed by atoms with E-state index in [4.69, 9.17) is 14.2 Å². The molecule has 3 rings (SSSR count). The van der Waals surface area contributed by atoms with Gasteiger partial charge in [0.25, 0.3) is 5.91 Å². The number of anilines is 1. The van der Waals surface area contributed by atoms with Gasteiger partial charge in [-0.25, -0.2) is 4.79 Å². The van der Waals surface area contributed by atoms with Gasteiger partial charge in [-0.2, -0.15) is 0 Å². The fraction of sp³-hybridized carbons (Fsp3) is 0.478. The van der Waals surface area contributed by atoms with Gasteiger partial charge in [0.2, 0.25) is 0 Å². The Bertz CT molecular complexity index is 980. The standard InChI is InChI=1S/C23H30N2O5S/c1-7-29-21(27)18-14-12-22(2,3)25-23(4,5)19(14)31-20(18)24-17(26)13-30-16-11-9-8-10-15(16)28-6/h8-11,25H,7,12-13H2,1-6H3,(H,24,26). The van der Waals surface area contributed by atoms with Crippen molar-refractivity contribution in [2.45, 2.75) is 52.1 Å². The normalized spacial score (nSPS) is 16.2. The summed E-state index contributed by atoms with van der Waals surface area (Å²) in [7, 11) is 1.54. The van der Waals surface area contributed by atoms with Gasteiger partial charge in [-0.3, -0.25) is 4.79 Å². The number of para-hydroxylation sites is 2. The predicted octanol–water partition coefficient (Wildman–Crippen LogP) is 4.11. The molecule has 1 aliphatic rings. The summed E-state index contributed by atoms with van der Waals surface area (Å²) < 4.78 is 16.2. The molecule has 0 fully saturated rings. The van der Waals surface area contributed by atoms with E-state index in [1.54, 1.807) is 32.2 Å². The molecule has 168 valence electrons. The molecular formula is C23H30N2O5S. The number of carbonyl (C=O) groups is 2. The Labute approximate surface area is 187 Å². The lowest BCUT2D eigenvalue weighted by Crippen LogP contribution is -2.55. The van der Waals surface area contributed by atoms with E-state index in [-0.39, 0.29) is 30.2 Å². The molecule has 0 unspecified atom stereocenters. The number of amides is 1. The number of nitrogens with one attached hydrogen (secondary N) is 2. The molecular weight excluding hydrogens is 416 g/mol. The molecule has 2 heterocycles. The highest BCUT2D eigenvalue weighted by atomic mass is 32.1. The molecule has 31 heavy (non-hydrogen) atoms. The number of hydrogen-bond acceptors (Lipinski definition) is 7. The van der Waals surface area contributed by atoms with Crippen molar-refractivity contribution in [2.24, 2.45) is 0 Å². The van der Waals surface area contributed by atoms with Crippen LogP contribution in [0.4, 0.5) is 5.00 Å². The lowest BCUT2D eigenvalue weighted by molar-refractivity contribution is -0.118. The Morgan fingerprint density at radius 2 is 1.84 bits per heavy atom. The predicted molar refractivity (Wildman–Crippen MR) is 121 cm³/mol. The van der Waals surface area contributed by atoms with Crippen LogP contribution in [0, 0.1) is 0 Å². The minimum atomic E-state index is -0.422. The quantitative estimate of drug-likeness (QED) is 0.623. The van der Waals surface area contributed by atoms with Crippen LogP contribution in [-0.2, 0) is 21.5 Å². The van der Waals surface area contributed by atoms with Gasteiger partial charge in [-0.15, -0.1) is 11.3 Å². The summed E-state index contributed by atoms with van der Waals surface area (Å²) in [5.74, 6) is 0.238. The topological polar surface area (TPSA) is 85.9 Å². The Kier molecular flexibility index (Phi) is 6.62. The first-order valence-corrected chi connectivity index (χ1v) is 11.1. The Hall–Kier alpha value is -2.58. The van der Waals surface area contributed by atoms with Crippen molar-refractivity contribution in [3.63, 3.8) is 0 Å². The minimum absolute atomic E-state index is 0.201. The fourth-order valence-electron chi connectivity index (χ4n) is 4.08. The Balaban J connectivity index is 1.87. The molecule has 1 aromatic carbocycles. The summed E-state index contributed by atoms with van der Waals surface area (Å²) in [4.78, 5) is 26.5. The van der Waals surface area contributed by atoms with Crippen molar-refractivity contribution < 1.29 is 23.8 Å². The summed E-state index contributed by atoms with van der Waals surface area (Å²) in [5, 5.41) is 6.97. The van der Waals surface area contributed by atoms with Gasteiger partial charge < -0.3 is 24.8 Å². The van der Waals surface area contributed by atoms with Crippen LogP contribution in [0.2, 0.25) is 0 Å². The van der Waals surface area contributed by atoms with E-state index < -0.39 is 5.97 Å². The highest BCUT2D eigenvalue weighted by Gasteiger charge is 2.42. The van der Waals surface area contributed by atoms with E-state index in [1.165, 1.54) is 11.3 Å². The number of esters is 1. The number of benzene rings is 1. The summed E-state index contributed by atoms with van der Waals surface area (Å²) in [6.45, 7) is 10.2. The third kappa shape index (κ3) is 5.02. The monoisotopic (exact) mass is 446 g/mol. The van der Waals surface area contributed by atoms with E-state index in [0.29, 0.717) is 28.5 Å². The summed E-state index contributed by atoms with van der Waals surface area (Å²) in [6, 6.07) is 7.12. The molecule has 1 aromatic heterocycles. The number of ether oxygens (including phenoxy) is 3. The largest absolute Gasteiger partial charge is 0.493 e. The summed E-state index contributed by atoms with van der Waals surface area (Å²) in [5.41, 5.74) is 0.820. The molecule has 2 aromatic rings. The molecule has 0 atom stereocenters. The van der Waals surface area contributed by atoms with Crippen molar-refractivity contribution >= 4 is 28.2 Å². The van der Waals surface area contributed by atoms with Crippen LogP contribution in [0.1, 0.15) is 55.4 Å². The maximum atomic E-state index is 12.8. The van der Waals surface area contributed by atoms with Crippen LogP contribution >= 0.6 is 11.3 Å². The number of fused-ring (bicyclic) bond motifs is 1. The van der Waals surface area contributed by atoms with E-state index in [2.05, 4.69) is 38.3 Å². The van der Waals surface area contributed by atoms with Crippen LogP contribution in [-0.4, -0.2) is 37.7 Å². The van der Waals surface area contributed by atoms with Gasteiger partial charge in [0.15, 0.2) is 18.1 Å². The number of carbonyl (C=O) groups excluding carboxylic acids is 2. The zero-order valence-corrected chi connectivity index (χ0v) is 19.7. The van der Waals surface area contributed by atoms with Gasteiger partial charge in [-0.05, 0) is 58.7 Å². The van der Waals surface area contributed by atoms with Gasteiger partial charge in [0.05, 0.1) is 19.3 Å². The number of rotatable bonds is 7. The average Bonchev–Trinajstić information content (AvgIpc) is 3.03. The van der Waals surface area contributed by atoms with Gasteiger partial charge in [0, 0.05) is 16.0 Å². The third-order valence-corrected chi connectivity index (χ3v) is 6.48. The van der Waals surface area contributed by atoms with E-state index in [1.807, 2.05) is 6.07 Å². The smallest absolute Gasteiger partial charge is 0.341 e. The van der Waals surface area contributed by atoms with Gasteiger partial charge in [0.1, 0.15) is 5.00 Å². The van der Waals surface area contributed by atoms with Crippen molar-refractivity contribution in [3.8, 4) is 11.5 Å². The average molecular weight is 447 g/mol. The van der Waals surface area contributed by atoms with Crippen LogP contribution < -0.4 is 20.1 Å². The van der Waals surface area contributed by atoms with Gasteiger partial charge in [-0.1, -0.05) is 12.1 Å². The molecule has 1 aliphatic heterocycles. The summed E-state index contributed by atoms with van der Waals surface area (Å²) >= 11 is 1.41. The summed E-state index contributed by atoms with van der Waals surface area (Å²) in [6.07, 6.45) is 0.657.